The van der Waals surface area contributed by atoms with E-state index in [1.54, 1.807) is 0 Å². The van der Waals surface area contributed by atoms with Gasteiger partial charge in [0, 0.05) is 5.56 Å². The highest BCUT2D eigenvalue weighted by Gasteiger charge is 2.29. The molecule has 2 aliphatic rings. The number of benzene rings is 2. The Bertz CT molecular complexity index is 880. The maximum absolute atomic E-state index is 12.9. The molecule has 27 heavy (non-hydrogen) atoms. The van der Waals surface area contributed by atoms with Crippen LogP contribution in [0.2, 0.25) is 0 Å². The summed E-state index contributed by atoms with van der Waals surface area (Å²) in [6, 6.07) is 8.51. The van der Waals surface area contributed by atoms with Crippen molar-refractivity contribution in [2.24, 2.45) is 0 Å². The van der Waals surface area contributed by atoms with Crippen molar-refractivity contribution in [3.63, 3.8) is 0 Å². The third-order valence-corrected chi connectivity index (χ3v) is 6.05. The Morgan fingerprint density at radius 2 is 2.04 bits per heavy atom. The summed E-state index contributed by atoms with van der Waals surface area (Å²) in [5.41, 5.74) is 8.55. The van der Waals surface area contributed by atoms with Crippen LogP contribution in [0.5, 0.6) is 5.75 Å². The molecule has 0 spiro atoms. The van der Waals surface area contributed by atoms with Crippen molar-refractivity contribution in [2.45, 2.75) is 65.3 Å². The minimum absolute atomic E-state index is 0.00502. The normalized spacial score (nSPS) is 18.6. The zero-order valence-corrected chi connectivity index (χ0v) is 16.8. The van der Waals surface area contributed by atoms with Crippen molar-refractivity contribution in [1.29, 1.82) is 0 Å². The Labute approximate surface area is 162 Å². The summed E-state index contributed by atoms with van der Waals surface area (Å²) >= 11 is 0. The number of nitrogens with one attached hydrogen (secondary N) is 1. The fourth-order valence-corrected chi connectivity index (χ4v) is 4.80. The molecule has 1 unspecified atom stereocenters. The number of ether oxygens (including phenoxy) is 1. The molecule has 0 radical (unpaired) electrons. The zero-order chi connectivity index (χ0) is 19.1. The zero-order valence-electron chi connectivity index (χ0n) is 16.8. The van der Waals surface area contributed by atoms with Crippen LogP contribution in [0.4, 0.5) is 0 Å². The van der Waals surface area contributed by atoms with E-state index < -0.39 is 0 Å². The fraction of sp³-hybridized carbons (Fsp3) is 0.458. The number of carbonyl (C=O) groups excluding carboxylic acids is 1. The van der Waals surface area contributed by atoms with E-state index in [4.69, 9.17) is 4.74 Å². The summed E-state index contributed by atoms with van der Waals surface area (Å²) in [7, 11) is 0. The molecule has 0 aliphatic carbocycles. The van der Waals surface area contributed by atoms with Gasteiger partial charge in [0.05, 0.1) is 12.6 Å². The first-order chi connectivity index (χ1) is 13.0. The van der Waals surface area contributed by atoms with Crippen LogP contribution in [0.25, 0.3) is 0 Å². The molecule has 0 bridgehead atoms. The van der Waals surface area contributed by atoms with Gasteiger partial charge in [-0.25, -0.2) is 0 Å². The van der Waals surface area contributed by atoms with Gasteiger partial charge in [-0.15, -0.1) is 0 Å². The van der Waals surface area contributed by atoms with E-state index >= 15 is 0 Å². The lowest BCUT2D eigenvalue weighted by Crippen LogP contribution is -2.36. The molecule has 0 fully saturated rings. The molecule has 3 nitrogen and oxygen atoms in total. The number of aryl methyl sites for hydroxylation is 2. The van der Waals surface area contributed by atoms with Crippen LogP contribution in [0, 0.1) is 6.92 Å². The van der Waals surface area contributed by atoms with Crippen LogP contribution in [0.15, 0.2) is 24.3 Å². The van der Waals surface area contributed by atoms with E-state index in [0.29, 0.717) is 5.92 Å². The first-order valence-electron chi connectivity index (χ1n) is 10.2. The molecule has 2 aliphatic heterocycles. The van der Waals surface area contributed by atoms with Gasteiger partial charge in [0.25, 0.3) is 5.91 Å². The third kappa shape index (κ3) is 3.13. The molecule has 2 aromatic carbocycles. The molecule has 142 valence electrons. The van der Waals surface area contributed by atoms with E-state index in [9.17, 15) is 4.79 Å². The number of hydrogen-bond acceptors (Lipinski definition) is 2. The maximum atomic E-state index is 12.9. The SMILES string of the molecule is CCc1cc(C2Cc3c(ccc(C)c3C(C)C)C(=O)N2)cc2c1CCCO2. The lowest BCUT2D eigenvalue weighted by molar-refractivity contribution is 0.0924. The van der Waals surface area contributed by atoms with Gasteiger partial charge >= 0.3 is 0 Å². The highest BCUT2D eigenvalue weighted by Crippen LogP contribution is 2.37. The molecule has 1 atom stereocenters. The Morgan fingerprint density at radius 3 is 2.78 bits per heavy atom. The molecule has 2 aromatic rings. The van der Waals surface area contributed by atoms with Crippen LogP contribution >= 0.6 is 0 Å². The van der Waals surface area contributed by atoms with Gasteiger partial charge < -0.3 is 10.1 Å². The second kappa shape index (κ2) is 7.03. The number of rotatable bonds is 3. The molecular formula is C24H29NO2. The second-order valence-electron chi connectivity index (χ2n) is 8.17. The van der Waals surface area contributed by atoms with Gasteiger partial charge in [0.1, 0.15) is 5.75 Å². The third-order valence-electron chi connectivity index (χ3n) is 6.05. The first kappa shape index (κ1) is 18.1. The van der Waals surface area contributed by atoms with Crippen molar-refractivity contribution < 1.29 is 9.53 Å². The Hall–Kier alpha value is -2.29. The van der Waals surface area contributed by atoms with Crippen LogP contribution < -0.4 is 10.1 Å². The van der Waals surface area contributed by atoms with Crippen LogP contribution in [0.1, 0.15) is 82.9 Å². The number of hydrogen-bond donors (Lipinski definition) is 1. The van der Waals surface area contributed by atoms with Gasteiger partial charge in [-0.2, -0.15) is 0 Å². The lowest BCUT2D eigenvalue weighted by Gasteiger charge is -2.31. The van der Waals surface area contributed by atoms with Crippen LogP contribution in [0.3, 0.4) is 0 Å². The first-order valence-corrected chi connectivity index (χ1v) is 10.2. The molecule has 0 saturated carbocycles. The summed E-state index contributed by atoms with van der Waals surface area (Å²) in [5, 5.41) is 3.24. The molecular weight excluding hydrogens is 334 g/mol. The Balaban J connectivity index is 1.78. The minimum atomic E-state index is 0.00502. The Morgan fingerprint density at radius 1 is 1.22 bits per heavy atom. The van der Waals surface area contributed by atoms with Crippen molar-refractivity contribution in [1.82, 2.24) is 5.32 Å². The number of fused-ring (bicyclic) bond motifs is 2. The Kier molecular flexibility index (Phi) is 4.71. The molecule has 2 heterocycles. The monoisotopic (exact) mass is 363 g/mol. The predicted molar refractivity (Wildman–Crippen MR) is 109 cm³/mol. The molecule has 1 amide bonds. The lowest BCUT2D eigenvalue weighted by atomic mass is 9.82. The van der Waals surface area contributed by atoms with E-state index in [1.165, 1.54) is 33.4 Å². The van der Waals surface area contributed by atoms with Gasteiger partial charge in [-0.05, 0) is 84.0 Å². The molecule has 1 N–H and O–H groups in total. The van der Waals surface area contributed by atoms with Crippen molar-refractivity contribution in [3.8, 4) is 5.75 Å². The van der Waals surface area contributed by atoms with E-state index in [0.717, 1.165) is 43.6 Å². The highest BCUT2D eigenvalue weighted by atomic mass is 16.5. The topological polar surface area (TPSA) is 38.3 Å². The summed E-state index contributed by atoms with van der Waals surface area (Å²) in [6.07, 6.45) is 4.02. The number of carbonyl (C=O) groups is 1. The summed E-state index contributed by atoms with van der Waals surface area (Å²) in [5.74, 6) is 1.47. The van der Waals surface area contributed by atoms with Gasteiger partial charge in [-0.3, -0.25) is 4.79 Å². The molecule has 0 saturated heterocycles. The van der Waals surface area contributed by atoms with Crippen molar-refractivity contribution in [3.05, 3.63) is 63.2 Å². The highest BCUT2D eigenvalue weighted by molar-refractivity contribution is 5.97. The maximum Gasteiger partial charge on any atom is 0.252 e. The average molecular weight is 364 g/mol. The second-order valence-corrected chi connectivity index (χ2v) is 8.17. The average Bonchev–Trinajstić information content (AvgIpc) is 2.66. The largest absolute Gasteiger partial charge is 0.493 e. The summed E-state index contributed by atoms with van der Waals surface area (Å²) < 4.78 is 5.96. The van der Waals surface area contributed by atoms with Gasteiger partial charge in [0.15, 0.2) is 0 Å². The quantitative estimate of drug-likeness (QED) is 0.830. The predicted octanol–water partition coefficient (Wildman–Crippen LogP) is 5.03. The smallest absolute Gasteiger partial charge is 0.252 e. The molecule has 0 aromatic heterocycles. The van der Waals surface area contributed by atoms with Crippen molar-refractivity contribution in [2.75, 3.05) is 6.61 Å². The summed E-state index contributed by atoms with van der Waals surface area (Å²) in [4.78, 5) is 12.9. The molecule has 4 rings (SSSR count). The van der Waals surface area contributed by atoms with Gasteiger partial charge in [0.2, 0.25) is 0 Å². The standard InChI is InChI=1S/C24H29NO2/c1-5-16-11-17(12-22-18(16)7-6-10-27-22)21-13-20-19(24(26)25-21)9-8-15(4)23(20)14(2)3/h8-9,11-12,14,21H,5-7,10,13H2,1-4H3,(H,25,26). The molecule has 3 heteroatoms. The van der Waals surface area contributed by atoms with Crippen molar-refractivity contribution >= 4 is 5.91 Å². The fourth-order valence-electron chi connectivity index (χ4n) is 4.80. The number of amides is 1. The van der Waals surface area contributed by atoms with Crippen LogP contribution in [-0.4, -0.2) is 12.5 Å². The summed E-state index contributed by atoms with van der Waals surface area (Å²) in [6.45, 7) is 9.57. The minimum Gasteiger partial charge on any atom is -0.493 e. The van der Waals surface area contributed by atoms with Gasteiger partial charge in [-0.1, -0.05) is 32.9 Å². The van der Waals surface area contributed by atoms with E-state index in [1.807, 2.05) is 6.07 Å². The van der Waals surface area contributed by atoms with Crippen LogP contribution in [-0.2, 0) is 19.3 Å². The van der Waals surface area contributed by atoms with E-state index in [2.05, 4.69) is 51.2 Å². The van der Waals surface area contributed by atoms with E-state index in [-0.39, 0.29) is 11.9 Å².